The van der Waals surface area contributed by atoms with Gasteiger partial charge in [-0.15, -0.1) is 12.6 Å². The molecule has 2 aliphatic heterocycles. The van der Waals surface area contributed by atoms with Crippen LogP contribution >= 0.6 is 0 Å². The summed E-state index contributed by atoms with van der Waals surface area (Å²) in [4.78, 5) is 5.03. The molecule has 0 radical (unpaired) electrons. The van der Waals surface area contributed by atoms with Gasteiger partial charge < -0.3 is 15.0 Å². The van der Waals surface area contributed by atoms with Crippen LogP contribution in [-0.2, 0) is 10.9 Å². The van der Waals surface area contributed by atoms with Crippen LogP contribution in [0.3, 0.4) is 0 Å². The van der Waals surface area contributed by atoms with Crippen LogP contribution < -0.4 is 29.6 Å². The van der Waals surface area contributed by atoms with Crippen molar-refractivity contribution < 1.29 is 47.5 Å². The summed E-state index contributed by atoms with van der Waals surface area (Å²) in [6.07, 6.45) is 2.81. The Kier molecular flexibility index (Phi) is 13.1. The molecule has 0 spiro atoms. The van der Waals surface area contributed by atoms with E-state index in [1.54, 1.807) is 0 Å². The van der Waals surface area contributed by atoms with Crippen LogP contribution in [0.4, 0.5) is 13.2 Å². The number of allylic oxidation sites excluding steroid dienone is 2. The maximum atomic E-state index is 11.8. The predicted molar refractivity (Wildman–Crippen MR) is 108 cm³/mol. The van der Waals surface area contributed by atoms with E-state index in [0.717, 1.165) is 83.2 Å². The van der Waals surface area contributed by atoms with Crippen LogP contribution in [0.2, 0.25) is 0 Å². The molecular weight excluding hydrogens is 402 g/mol. The number of likely N-dealkylation sites (tertiary alicyclic amines) is 1. The number of ether oxygens (including phenoxy) is 1. The van der Waals surface area contributed by atoms with Gasteiger partial charge in [0, 0.05) is 26.2 Å². The van der Waals surface area contributed by atoms with E-state index >= 15 is 0 Å². The molecule has 0 unspecified atom stereocenters. The van der Waals surface area contributed by atoms with E-state index in [0.29, 0.717) is 5.92 Å². The molecule has 2 aliphatic rings. The van der Waals surface area contributed by atoms with Gasteiger partial charge in [0.05, 0.1) is 13.2 Å². The Morgan fingerprint density at radius 1 is 1.13 bits per heavy atom. The number of benzene rings is 1. The van der Waals surface area contributed by atoms with Gasteiger partial charge >= 0.3 is 35.7 Å². The van der Waals surface area contributed by atoms with Gasteiger partial charge in [-0.2, -0.15) is 43.5 Å². The summed E-state index contributed by atoms with van der Waals surface area (Å²) in [5.41, 5.74) is 0.126. The molecule has 3 rings (SSSR count). The molecule has 1 aromatic rings. The van der Waals surface area contributed by atoms with Crippen molar-refractivity contribution in [3.63, 3.8) is 0 Å². The Morgan fingerprint density at radius 3 is 2.13 bits per heavy atom. The van der Waals surface area contributed by atoms with Gasteiger partial charge in [0.25, 0.3) is 0 Å². The average Bonchev–Trinajstić information content (AvgIpc) is 2.74. The van der Waals surface area contributed by atoms with E-state index in [4.69, 9.17) is 10.1 Å². The molecule has 2 heterocycles. The summed E-state index contributed by atoms with van der Waals surface area (Å²) in [7, 11) is 0. The van der Waals surface area contributed by atoms with E-state index in [2.05, 4.69) is 21.9 Å². The molecule has 4 nitrogen and oxygen atoms in total. The fraction of sp³-hybridized carbons (Fsp3) is 0.591. The number of rotatable bonds is 5. The first-order valence-electron chi connectivity index (χ1n) is 10.0. The first kappa shape index (κ1) is 27.3. The van der Waals surface area contributed by atoms with Gasteiger partial charge in [0.1, 0.15) is 0 Å². The van der Waals surface area contributed by atoms with Crippen LogP contribution in [0.5, 0.6) is 0 Å². The van der Waals surface area contributed by atoms with Gasteiger partial charge in [-0.1, -0.05) is 11.5 Å². The Balaban J connectivity index is 0.000000348. The topological polar surface area (TPSA) is 39.6 Å². The van der Waals surface area contributed by atoms with Gasteiger partial charge in [0.15, 0.2) is 0 Å². The zero-order valence-electron chi connectivity index (χ0n) is 18.0. The predicted octanol–water partition coefficient (Wildman–Crippen LogP) is 0.939. The van der Waals surface area contributed by atoms with Crippen LogP contribution in [0, 0.1) is 23.5 Å². The van der Waals surface area contributed by atoms with Crippen molar-refractivity contribution in [3.8, 4) is 0 Å². The quantitative estimate of drug-likeness (QED) is 0.428. The maximum Gasteiger partial charge on any atom is 1.00 e. The minimum atomic E-state index is -4.23. The van der Waals surface area contributed by atoms with E-state index < -0.39 is 11.7 Å². The Hall–Kier alpha value is -0.700. The largest absolute Gasteiger partial charge is 1.00 e. The normalized spacial score (nSPS) is 19.1. The summed E-state index contributed by atoms with van der Waals surface area (Å²) in [5.74, 6) is 0.451. The number of hydrogen-bond donors (Lipinski definition) is 1. The molecule has 2 fully saturated rings. The molecule has 162 valence electrons. The minimum absolute atomic E-state index is 0. The fourth-order valence-corrected chi connectivity index (χ4v) is 3.42. The SMILES string of the molecule is C[C-]=CC(=N)C1CCN(CCN2CCOCC2)CC1.FC(F)(F)c1cc[c-]cc1.[Na+]. The first-order chi connectivity index (χ1) is 13.9. The molecule has 0 aliphatic carbocycles. The van der Waals surface area contributed by atoms with Crippen LogP contribution in [0.15, 0.2) is 30.3 Å². The molecule has 0 saturated carbocycles. The number of nitrogens with one attached hydrogen (secondary N) is 1. The van der Waals surface area contributed by atoms with Crippen molar-refractivity contribution in [2.45, 2.75) is 25.9 Å². The van der Waals surface area contributed by atoms with E-state index in [-0.39, 0.29) is 29.6 Å². The molecule has 1 N–H and O–H groups in total. The second kappa shape index (κ2) is 14.4. The average molecular weight is 432 g/mol. The van der Waals surface area contributed by atoms with E-state index in [1.165, 1.54) is 12.1 Å². The third-order valence-corrected chi connectivity index (χ3v) is 5.21. The van der Waals surface area contributed by atoms with Gasteiger partial charge in [-0.05, 0) is 25.9 Å². The van der Waals surface area contributed by atoms with Gasteiger partial charge in [-0.3, -0.25) is 11.0 Å². The summed E-state index contributed by atoms with van der Waals surface area (Å²) in [5, 5.41) is 7.95. The van der Waals surface area contributed by atoms with Crippen molar-refractivity contribution in [1.29, 1.82) is 5.41 Å². The fourth-order valence-electron chi connectivity index (χ4n) is 3.42. The van der Waals surface area contributed by atoms with Crippen LogP contribution in [-0.4, -0.2) is 68.0 Å². The molecule has 1 aromatic carbocycles. The number of alkyl halides is 3. The molecule has 0 aromatic heterocycles. The summed E-state index contributed by atoms with van der Waals surface area (Å²) < 4.78 is 40.7. The second-order valence-electron chi connectivity index (χ2n) is 7.24. The third kappa shape index (κ3) is 10.1. The van der Waals surface area contributed by atoms with E-state index in [9.17, 15) is 13.2 Å². The summed E-state index contributed by atoms with van der Waals surface area (Å²) in [6.45, 7) is 10.4. The number of hydrogen-bond acceptors (Lipinski definition) is 4. The summed E-state index contributed by atoms with van der Waals surface area (Å²) in [6, 6.07) is 6.95. The van der Waals surface area contributed by atoms with Crippen molar-refractivity contribution in [3.05, 3.63) is 48.0 Å². The molecule has 0 amide bonds. The molecule has 30 heavy (non-hydrogen) atoms. The van der Waals surface area contributed by atoms with Crippen molar-refractivity contribution in [1.82, 2.24) is 9.80 Å². The van der Waals surface area contributed by atoms with Crippen LogP contribution in [0.1, 0.15) is 25.3 Å². The summed E-state index contributed by atoms with van der Waals surface area (Å²) >= 11 is 0. The van der Waals surface area contributed by atoms with Crippen molar-refractivity contribution in [2.75, 3.05) is 52.5 Å². The number of nitrogens with zero attached hydrogens (tertiary/aromatic N) is 2. The van der Waals surface area contributed by atoms with Gasteiger partial charge in [-0.25, -0.2) is 6.08 Å². The second-order valence-corrected chi connectivity index (χ2v) is 7.24. The van der Waals surface area contributed by atoms with Crippen molar-refractivity contribution in [2.24, 2.45) is 5.92 Å². The Labute approximate surface area is 200 Å². The van der Waals surface area contributed by atoms with Gasteiger partial charge in [0.2, 0.25) is 0 Å². The minimum Gasteiger partial charge on any atom is -0.399 e. The number of piperidine rings is 1. The molecular formula is C22H30F3N3NaO-. The maximum absolute atomic E-state index is 11.8. The Morgan fingerprint density at radius 2 is 1.67 bits per heavy atom. The zero-order valence-corrected chi connectivity index (χ0v) is 20.0. The third-order valence-electron chi connectivity index (χ3n) is 5.21. The number of halogens is 3. The first-order valence-corrected chi connectivity index (χ1v) is 10.0. The number of morpholine rings is 1. The Bertz CT molecular complexity index is 626. The van der Waals surface area contributed by atoms with E-state index in [1.807, 2.05) is 13.0 Å². The molecule has 8 heteroatoms. The van der Waals surface area contributed by atoms with Crippen molar-refractivity contribution >= 4 is 5.71 Å². The monoisotopic (exact) mass is 432 g/mol. The molecule has 2 saturated heterocycles. The molecule has 0 atom stereocenters. The molecule has 0 bridgehead atoms. The zero-order chi connectivity index (χ0) is 21.1. The standard InChI is InChI=1S/C15H26N3O.C7H4F3.Na/c1-2-3-15(16)14-4-6-17(7-5-14)8-9-18-10-12-19-13-11-18;8-7(9,10)6-4-2-1-3-5-6;/h3,14,16H,4-13H2,1H3;2-5H;/q2*-1;+1. The van der Waals surface area contributed by atoms with Crippen LogP contribution in [0.25, 0.3) is 0 Å². The smallest absolute Gasteiger partial charge is 0.399 e.